The molecule has 22 heavy (non-hydrogen) atoms. The second-order valence-electron chi connectivity index (χ2n) is 5.31. The zero-order valence-electron chi connectivity index (χ0n) is 12.4. The Hall–Kier alpha value is -2.27. The maximum atomic E-state index is 12.3. The van der Waals surface area contributed by atoms with Crippen LogP contribution in [-0.4, -0.2) is 25.0 Å². The number of rotatable bonds is 3. The van der Waals surface area contributed by atoms with E-state index in [2.05, 4.69) is 26.2 Å². The molecule has 5 heteroatoms. The highest BCUT2D eigenvalue weighted by atomic mass is 79.9. The number of aromatic nitrogens is 1. The van der Waals surface area contributed by atoms with Gasteiger partial charge in [0, 0.05) is 40.8 Å². The summed E-state index contributed by atoms with van der Waals surface area (Å²) >= 11 is 3.43. The van der Waals surface area contributed by atoms with Crippen LogP contribution in [0.5, 0.6) is 0 Å². The third-order valence-electron chi connectivity index (χ3n) is 3.47. The summed E-state index contributed by atoms with van der Waals surface area (Å²) in [5.74, 6) is -0.148. The lowest BCUT2D eigenvalue weighted by Crippen LogP contribution is -2.13. The summed E-state index contributed by atoms with van der Waals surface area (Å²) in [6.07, 6.45) is 0. The van der Waals surface area contributed by atoms with Crippen LogP contribution < -0.4 is 10.2 Å². The molecule has 3 aromatic rings. The SMILES string of the molecule is CN(C)c1ccc(NC(=O)c2cc3ccc(Br)cc3[nH]2)cc1. The Balaban J connectivity index is 1.80. The molecule has 0 radical (unpaired) electrons. The minimum Gasteiger partial charge on any atom is -0.378 e. The van der Waals surface area contributed by atoms with Gasteiger partial charge in [0.2, 0.25) is 0 Å². The fraction of sp³-hybridized carbons (Fsp3) is 0.118. The van der Waals surface area contributed by atoms with Crippen molar-refractivity contribution in [3.8, 4) is 0 Å². The predicted molar refractivity (Wildman–Crippen MR) is 94.7 cm³/mol. The molecule has 112 valence electrons. The average Bonchev–Trinajstić information content (AvgIpc) is 2.91. The largest absolute Gasteiger partial charge is 0.378 e. The molecule has 2 aromatic carbocycles. The van der Waals surface area contributed by atoms with Crippen molar-refractivity contribution in [2.75, 3.05) is 24.3 Å². The van der Waals surface area contributed by atoms with Crippen molar-refractivity contribution in [2.45, 2.75) is 0 Å². The van der Waals surface area contributed by atoms with Crippen molar-refractivity contribution in [1.29, 1.82) is 0 Å². The molecule has 1 heterocycles. The zero-order valence-corrected chi connectivity index (χ0v) is 13.9. The van der Waals surface area contributed by atoms with Crippen LogP contribution in [0.4, 0.5) is 11.4 Å². The molecular formula is C17H16BrN3O. The van der Waals surface area contributed by atoms with Gasteiger partial charge >= 0.3 is 0 Å². The minimum atomic E-state index is -0.148. The van der Waals surface area contributed by atoms with E-state index in [1.807, 2.05) is 67.5 Å². The highest BCUT2D eigenvalue weighted by Gasteiger charge is 2.10. The summed E-state index contributed by atoms with van der Waals surface area (Å²) in [5, 5.41) is 3.91. The zero-order chi connectivity index (χ0) is 15.7. The van der Waals surface area contributed by atoms with E-state index >= 15 is 0 Å². The van der Waals surface area contributed by atoms with E-state index in [1.165, 1.54) is 0 Å². The Kier molecular flexibility index (Phi) is 3.90. The van der Waals surface area contributed by atoms with Crippen molar-refractivity contribution in [1.82, 2.24) is 4.98 Å². The van der Waals surface area contributed by atoms with Crippen molar-refractivity contribution in [3.05, 3.63) is 58.7 Å². The molecule has 1 amide bonds. The topological polar surface area (TPSA) is 48.1 Å². The monoisotopic (exact) mass is 357 g/mol. The molecule has 0 unspecified atom stereocenters. The third-order valence-corrected chi connectivity index (χ3v) is 3.96. The second kappa shape index (κ2) is 5.85. The van der Waals surface area contributed by atoms with Gasteiger partial charge in [-0.25, -0.2) is 0 Å². The number of nitrogens with one attached hydrogen (secondary N) is 2. The lowest BCUT2D eigenvalue weighted by atomic mass is 10.2. The van der Waals surface area contributed by atoms with Crippen molar-refractivity contribution < 1.29 is 4.79 Å². The van der Waals surface area contributed by atoms with Gasteiger partial charge in [-0.3, -0.25) is 4.79 Å². The van der Waals surface area contributed by atoms with Crippen LogP contribution in [0.3, 0.4) is 0 Å². The molecule has 1 aromatic heterocycles. The van der Waals surface area contributed by atoms with E-state index in [9.17, 15) is 4.79 Å². The van der Waals surface area contributed by atoms with Crippen LogP contribution >= 0.6 is 15.9 Å². The molecule has 0 saturated carbocycles. The van der Waals surface area contributed by atoms with Gasteiger partial charge in [0.05, 0.1) is 0 Å². The van der Waals surface area contributed by atoms with E-state index in [0.717, 1.165) is 26.8 Å². The molecule has 3 rings (SSSR count). The fourth-order valence-corrected chi connectivity index (χ4v) is 2.62. The predicted octanol–water partition coefficient (Wildman–Crippen LogP) is 4.25. The first-order chi connectivity index (χ1) is 10.5. The highest BCUT2D eigenvalue weighted by Crippen LogP contribution is 2.21. The number of hydrogen-bond acceptors (Lipinski definition) is 2. The van der Waals surface area contributed by atoms with Gasteiger partial charge in [-0.15, -0.1) is 0 Å². The second-order valence-corrected chi connectivity index (χ2v) is 6.23. The Morgan fingerprint density at radius 1 is 1.09 bits per heavy atom. The number of anilines is 2. The van der Waals surface area contributed by atoms with Gasteiger partial charge in [0.1, 0.15) is 5.69 Å². The first kappa shape index (κ1) is 14.7. The van der Waals surface area contributed by atoms with Crippen molar-refractivity contribution in [3.63, 3.8) is 0 Å². The lowest BCUT2D eigenvalue weighted by Gasteiger charge is -2.12. The molecule has 0 aliphatic heterocycles. The molecule has 0 aliphatic rings. The average molecular weight is 358 g/mol. The molecule has 0 fully saturated rings. The van der Waals surface area contributed by atoms with Crippen LogP contribution in [-0.2, 0) is 0 Å². The molecule has 4 nitrogen and oxygen atoms in total. The summed E-state index contributed by atoms with van der Waals surface area (Å²) in [6.45, 7) is 0. The molecule has 0 atom stereocenters. The molecular weight excluding hydrogens is 342 g/mol. The first-order valence-corrected chi connectivity index (χ1v) is 7.69. The summed E-state index contributed by atoms with van der Waals surface area (Å²) < 4.78 is 0.980. The van der Waals surface area contributed by atoms with E-state index in [1.54, 1.807) is 0 Å². The van der Waals surface area contributed by atoms with E-state index in [-0.39, 0.29) is 5.91 Å². The number of benzene rings is 2. The van der Waals surface area contributed by atoms with Crippen LogP contribution in [0.2, 0.25) is 0 Å². The highest BCUT2D eigenvalue weighted by molar-refractivity contribution is 9.10. The quantitative estimate of drug-likeness (QED) is 0.735. The Labute approximate surface area is 137 Å². The maximum Gasteiger partial charge on any atom is 0.272 e. The number of halogens is 1. The van der Waals surface area contributed by atoms with E-state index in [0.29, 0.717) is 5.69 Å². The number of aromatic amines is 1. The van der Waals surface area contributed by atoms with Gasteiger partial charge in [0.25, 0.3) is 5.91 Å². The number of carbonyl (C=O) groups excluding carboxylic acids is 1. The third kappa shape index (κ3) is 2.99. The van der Waals surface area contributed by atoms with Gasteiger partial charge in [-0.05, 0) is 42.5 Å². The molecule has 0 aliphatic carbocycles. The van der Waals surface area contributed by atoms with Gasteiger partial charge < -0.3 is 15.2 Å². The lowest BCUT2D eigenvalue weighted by molar-refractivity contribution is 0.102. The Morgan fingerprint density at radius 2 is 1.82 bits per heavy atom. The maximum absolute atomic E-state index is 12.3. The number of nitrogens with zero attached hydrogens (tertiary/aromatic N) is 1. The summed E-state index contributed by atoms with van der Waals surface area (Å²) in [6, 6.07) is 15.5. The van der Waals surface area contributed by atoms with Gasteiger partial charge in [0.15, 0.2) is 0 Å². The molecule has 2 N–H and O–H groups in total. The van der Waals surface area contributed by atoms with Crippen LogP contribution in [0.15, 0.2) is 53.0 Å². The molecule has 0 saturated heterocycles. The van der Waals surface area contributed by atoms with Crippen LogP contribution in [0.25, 0.3) is 10.9 Å². The van der Waals surface area contributed by atoms with Crippen LogP contribution in [0.1, 0.15) is 10.5 Å². The normalized spacial score (nSPS) is 10.7. The van der Waals surface area contributed by atoms with Gasteiger partial charge in [-0.1, -0.05) is 22.0 Å². The Bertz CT molecular complexity index is 822. The summed E-state index contributed by atoms with van der Waals surface area (Å²) in [5.41, 5.74) is 3.34. The van der Waals surface area contributed by atoms with Crippen molar-refractivity contribution >= 4 is 44.1 Å². The smallest absolute Gasteiger partial charge is 0.272 e. The van der Waals surface area contributed by atoms with E-state index < -0.39 is 0 Å². The summed E-state index contributed by atoms with van der Waals surface area (Å²) in [7, 11) is 3.96. The number of amides is 1. The standard InChI is InChI=1S/C17H16BrN3O/c1-21(2)14-7-5-13(6-8-14)19-17(22)16-9-11-3-4-12(18)10-15(11)20-16/h3-10,20H,1-2H3,(H,19,22). The fourth-order valence-electron chi connectivity index (χ4n) is 2.26. The summed E-state index contributed by atoms with van der Waals surface area (Å²) in [4.78, 5) is 17.5. The Morgan fingerprint density at radius 3 is 2.50 bits per heavy atom. The molecule has 0 spiro atoms. The van der Waals surface area contributed by atoms with Crippen molar-refractivity contribution in [2.24, 2.45) is 0 Å². The molecule has 0 bridgehead atoms. The van der Waals surface area contributed by atoms with Gasteiger partial charge in [-0.2, -0.15) is 0 Å². The first-order valence-electron chi connectivity index (χ1n) is 6.90. The minimum absolute atomic E-state index is 0.148. The number of carbonyl (C=O) groups is 1. The number of fused-ring (bicyclic) bond motifs is 1. The van der Waals surface area contributed by atoms with E-state index in [4.69, 9.17) is 0 Å². The van der Waals surface area contributed by atoms with Crippen LogP contribution in [0, 0.1) is 0 Å². The number of H-pyrrole nitrogens is 1. The number of hydrogen-bond donors (Lipinski definition) is 2.